The molecule has 0 bridgehead atoms. The van der Waals surface area contributed by atoms with Gasteiger partial charge in [-0.05, 0) is 13.8 Å². The van der Waals surface area contributed by atoms with Gasteiger partial charge < -0.3 is 5.11 Å². The van der Waals surface area contributed by atoms with Gasteiger partial charge in [-0.25, -0.2) is 12.4 Å². The molecule has 1 aromatic rings. The summed E-state index contributed by atoms with van der Waals surface area (Å²) >= 11 is 7.14. The molecule has 1 rings (SSSR count). The molecule has 0 saturated heterocycles. The van der Waals surface area contributed by atoms with Crippen LogP contribution < -0.4 is 11.2 Å². The summed E-state index contributed by atoms with van der Waals surface area (Å²) in [7, 11) is 0. The molecule has 0 amide bonds. The topological polar surface area (TPSA) is 81.3 Å². The molecule has 6 nitrogen and oxygen atoms in total. The molecule has 0 unspecified atom stereocenters. The third-order valence-corrected chi connectivity index (χ3v) is 3.14. The van der Waals surface area contributed by atoms with Gasteiger partial charge in [0.05, 0.1) is 22.9 Å². The number of hydrogen-bond donors (Lipinski definition) is 1. The minimum atomic E-state index is -1.41. The van der Waals surface area contributed by atoms with Crippen LogP contribution in [0.25, 0.3) is 0 Å². The summed E-state index contributed by atoms with van der Waals surface area (Å²) in [4.78, 5) is 34.2. The number of carbonyl (C=O) groups is 1. The Morgan fingerprint density at radius 1 is 1.44 bits per heavy atom. The zero-order valence-electron chi connectivity index (χ0n) is 8.40. The van der Waals surface area contributed by atoms with E-state index in [2.05, 4.69) is 0 Å². The third kappa shape index (κ3) is 2.01. The van der Waals surface area contributed by atoms with Crippen molar-refractivity contribution in [1.29, 1.82) is 0 Å². The van der Waals surface area contributed by atoms with Gasteiger partial charge in [0.2, 0.25) is 0 Å². The molecule has 1 heterocycles. The number of carboxylic acids is 1. The van der Waals surface area contributed by atoms with Crippen molar-refractivity contribution in [1.82, 2.24) is 7.35 Å². The van der Waals surface area contributed by atoms with E-state index in [1.54, 1.807) is 13.8 Å². The molecule has 0 atom stereocenters. The van der Waals surface area contributed by atoms with E-state index < -0.39 is 27.9 Å². The van der Waals surface area contributed by atoms with E-state index >= 15 is 0 Å². The Bertz CT molecular complexity index is 523. The Hall–Kier alpha value is -0.830. The van der Waals surface area contributed by atoms with Gasteiger partial charge in [-0.2, -0.15) is 0 Å². The SMILES string of the molecule is CC(C)n1c(=O)c(Cl)c(C(=O)O)n(I)c1=O. The van der Waals surface area contributed by atoms with Crippen molar-refractivity contribution in [3.8, 4) is 0 Å². The van der Waals surface area contributed by atoms with E-state index in [9.17, 15) is 14.4 Å². The lowest BCUT2D eigenvalue weighted by atomic mass is 10.3. The Morgan fingerprint density at radius 2 is 1.94 bits per heavy atom. The monoisotopic (exact) mass is 358 g/mol. The summed E-state index contributed by atoms with van der Waals surface area (Å²) in [5, 5.41) is 8.36. The molecular formula is C8H8ClIN2O4. The first-order valence-electron chi connectivity index (χ1n) is 4.25. The molecule has 0 radical (unpaired) electrons. The zero-order chi connectivity index (χ0) is 12.6. The van der Waals surface area contributed by atoms with Gasteiger partial charge in [-0.3, -0.25) is 9.36 Å². The number of aromatic carboxylic acids is 1. The summed E-state index contributed by atoms with van der Waals surface area (Å²) < 4.78 is 1.73. The van der Waals surface area contributed by atoms with Crippen LogP contribution in [0.3, 0.4) is 0 Å². The van der Waals surface area contributed by atoms with Crippen LogP contribution in [0.4, 0.5) is 0 Å². The standard InChI is InChI=1S/C8H8ClIN2O4/c1-3(2)11-6(13)4(9)5(7(14)15)12(10)8(11)16/h3H,1-2H3,(H,14,15). The molecule has 0 fully saturated rings. The number of rotatable bonds is 2. The number of halogens is 2. The molecule has 0 aliphatic carbocycles. The van der Waals surface area contributed by atoms with Gasteiger partial charge in [-0.1, -0.05) is 11.6 Å². The summed E-state index contributed by atoms with van der Waals surface area (Å²) in [5.41, 5.74) is -2.00. The van der Waals surface area contributed by atoms with Crippen molar-refractivity contribution in [3.05, 3.63) is 31.6 Å². The minimum Gasteiger partial charge on any atom is -0.476 e. The van der Waals surface area contributed by atoms with Crippen LogP contribution >= 0.6 is 34.5 Å². The normalized spacial score (nSPS) is 10.8. The maximum absolute atomic E-state index is 11.7. The fourth-order valence-corrected chi connectivity index (χ4v) is 2.28. The highest BCUT2D eigenvalue weighted by Gasteiger charge is 2.22. The highest BCUT2D eigenvalue weighted by Crippen LogP contribution is 2.12. The van der Waals surface area contributed by atoms with Crippen LogP contribution in [0, 0.1) is 0 Å². The van der Waals surface area contributed by atoms with Crippen LogP contribution in [0.2, 0.25) is 5.02 Å². The quantitative estimate of drug-likeness (QED) is 0.804. The molecule has 0 aromatic carbocycles. The third-order valence-electron chi connectivity index (χ3n) is 1.90. The average Bonchev–Trinajstić information content (AvgIpc) is 2.14. The van der Waals surface area contributed by atoms with Gasteiger partial charge in [0.15, 0.2) is 5.69 Å². The van der Waals surface area contributed by atoms with Gasteiger partial charge in [-0.15, -0.1) is 0 Å². The first-order valence-corrected chi connectivity index (χ1v) is 5.59. The first kappa shape index (κ1) is 13.2. The van der Waals surface area contributed by atoms with Crippen molar-refractivity contribution < 1.29 is 9.90 Å². The fourth-order valence-electron chi connectivity index (χ4n) is 1.20. The van der Waals surface area contributed by atoms with Crippen molar-refractivity contribution in [2.24, 2.45) is 0 Å². The second-order valence-corrected chi connectivity index (χ2v) is 4.64. The van der Waals surface area contributed by atoms with Crippen molar-refractivity contribution in [3.63, 3.8) is 0 Å². The largest absolute Gasteiger partial charge is 0.476 e. The molecule has 88 valence electrons. The predicted octanol–water partition coefficient (Wildman–Crippen LogP) is 1.14. The zero-order valence-corrected chi connectivity index (χ0v) is 11.3. The lowest BCUT2D eigenvalue weighted by Crippen LogP contribution is -2.41. The van der Waals surface area contributed by atoms with Crippen molar-refractivity contribution in [2.45, 2.75) is 19.9 Å². The summed E-state index contributed by atoms with van der Waals surface area (Å²) in [6.45, 7) is 3.27. The lowest BCUT2D eigenvalue weighted by molar-refractivity contribution is 0.0688. The van der Waals surface area contributed by atoms with Crippen LogP contribution in [-0.2, 0) is 0 Å². The van der Waals surface area contributed by atoms with Gasteiger partial charge in [0.25, 0.3) is 5.56 Å². The molecule has 0 aliphatic heterocycles. The predicted molar refractivity (Wildman–Crippen MR) is 66.7 cm³/mol. The van der Waals surface area contributed by atoms with Crippen LogP contribution in [0.5, 0.6) is 0 Å². The van der Waals surface area contributed by atoms with Crippen LogP contribution in [-0.4, -0.2) is 18.4 Å². The average molecular weight is 359 g/mol. The Balaban J connectivity index is 3.85. The molecule has 0 saturated carbocycles. The Morgan fingerprint density at radius 3 is 2.31 bits per heavy atom. The summed E-state index contributed by atoms with van der Waals surface area (Å²) in [5.74, 6) is -1.41. The van der Waals surface area contributed by atoms with Crippen molar-refractivity contribution in [2.75, 3.05) is 0 Å². The maximum Gasteiger partial charge on any atom is 0.355 e. The summed E-state index contributed by atoms with van der Waals surface area (Å²) in [6, 6.07) is -0.388. The fraction of sp³-hybridized carbons (Fsp3) is 0.375. The molecular weight excluding hydrogens is 350 g/mol. The van der Waals surface area contributed by atoms with Gasteiger partial charge in [0, 0.05) is 6.04 Å². The number of aromatic nitrogens is 2. The number of carboxylic acid groups (broad SMARTS) is 1. The maximum atomic E-state index is 11.7. The highest BCUT2D eigenvalue weighted by molar-refractivity contribution is 14.1. The Kier molecular flexibility index (Phi) is 3.79. The van der Waals surface area contributed by atoms with Crippen LogP contribution in [0.1, 0.15) is 30.4 Å². The molecule has 16 heavy (non-hydrogen) atoms. The van der Waals surface area contributed by atoms with E-state index in [-0.39, 0.29) is 6.04 Å². The van der Waals surface area contributed by atoms with E-state index in [1.165, 1.54) is 22.9 Å². The highest BCUT2D eigenvalue weighted by atomic mass is 127. The second kappa shape index (κ2) is 4.58. The molecule has 1 aromatic heterocycles. The van der Waals surface area contributed by atoms with Gasteiger partial charge >= 0.3 is 11.7 Å². The second-order valence-electron chi connectivity index (χ2n) is 3.30. The van der Waals surface area contributed by atoms with E-state index in [1.807, 2.05) is 0 Å². The van der Waals surface area contributed by atoms with Gasteiger partial charge in [0.1, 0.15) is 5.02 Å². The van der Waals surface area contributed by atoms with E-state index in [0.717, 1.165) is 7.35 Å². The van der Waals surface area contributed by atoms with E-state index in [0.29, 0.717) is 0 Å². The minimum absolute atomic E-state index is 0.388. The van der Waals surface area contributed by atoms with Crippen LogP contribution in [0.15, 0.2) is 9.59 Å². The number of nitrogens with zero attached hydrogens (tertiary/aromatic N) is 2. The lowest BCUT2D eigenvalue weighted by Gasteiger charge is -2.12. The number of hydrogen-bond acceptors (Lipinski definition) is 3. The molecule has 0 spiro atoms. The molecule has 8 heteroatoms. The summed E-state index contributed by atoms with van der Waals surface area (Å²) in [6.07, 6.45) is 0. The first-order chi connectivity index (χ1) is 7.29. The molecule has 1 N–H and O–H groups in total. The van der Waals surface area contributed by atoms with E-state index in [4.69, 9.17) is 16.7 Å². The smallest absolute Gasteiger partial charge is 0.355 e. The van der Waals surface area contributed by atoms with Crippen molar-refractivity contribution >= 4 is 40.4 Å². The Labute approximate surface area is 109 Å². The molecule has 0 aliphatic rings.